The first-order chi connectivity index (χ1) is 19.8. The normalized spacial score (nSPS) is 17.7. The fourth-order valence-corrected chi connectivity index (χ4v) is 6.99. The lowest BCUT2D eigenvalue weighted by Crippen LogP contribution is -2.50. The van der Waals surface area contributed by atoms with Crippen molar-refractivity contribution in [3.63, 3.8) is 0 Å². The molecule has 3 N–H and O–H groups in total. The Bertz CT molecular complexity index is 1300. The molecule has 2 heterocycles. The van der Waals surface area contributed by atoms with Crippen molar-refractivity contribution in [1.82, 2.24) is 9.62 Å². The van der Waals surface area contributed by atoms with Crippen molar-refractivity contribution in [1.29, 1.82) is 0 Å². The number of nitrogens with two attached hydrogens (primary N) is 1. The summed E-state index contributed by atoms with van der Waals surface area (Å²) >= 11 is 0. The lowest BCUT2D eigenvalue weighted by Gasteiger charge is -2.34. The third-order valence-corrected chi connectivity index (χ3v) is 10.1. The van der Waals surface area contributed by atoms with E-state index in [4.69, 9.17) is 5.73 Å². The molecule has 1 aromatic carbocycles. The molecule has 0 aromatic heterocycles. The molecule has 1 fully saturated rings. The Morgan fingerprint density at radius 3 is 2.16 bits per heavy atom. The fraction of sp³-hybridized carbons (Fsp3) is 0.679. The molecule has 2 aliphatic heterocycles. The van der Waals surface area contributed by atoms with E-state index in [1.54, 1.807) is 19.2 Å². The predicted molar refractivity (Wildman–Crippen MR) is 154 cm³/mol. The molecular weight excluding hydrogens is 597 g/mol. The highest BCUT2D eigenvalue weighted by Crippen LogP contribution is 2.34. The Labute approximate surface area is 249 Å². The topological polar surface area (TPSA) is 125 Å². The molecule has 0 saturated carbocycles. The summed E-state index contributed by atoms with van der Waals surface area (Å²) < 4.78 is 92.9. The molecule has 3 rings (SSSR count). The molecule has 3 amide bonds. The minimum atomic E-state index is -4.30. The minimum absolute atomic E-state index is 0.0345. The zero-order valence-corrected chi connectivity index (χ0v) is 25.5. The maximum atomic E-state index is 14.3. The zero-order valence-electron chi connectivity index (χ0n) is 24.7. The zero-order chi connectivity index (χ0) is 32.2. The summed E-state index contributed by atoms with van der Waals surface area (Å²) in [6.07, 6.45) is -6.32. The van der Waals surface area contributed by atoms with Crippen molar-refractivity contribution >= 4 is 33.5 Å². The number of amidine groups is 1. The first-order valence-corrected chi connectivity index (χ1v) is 15.9. The molecule has 0 bridgehead atoms. The van der Waals surface area contributed by atoms with Gasteiger partial charge in [0.1, 0.15) is 11.4 Å². The van der Waals surface area contributed by atoms with E-state index < -0.39 is 58.9 Å². The van der Waals surface area contributed by atoms with Gasteiger partial charge < -0.3 is 11.1 Å². The lowest BCUT2D eigenvalue weighted by atomic mass is 9.89. The monoisotopic (exact) mass is 637 g/mol. The van der Waals surface area contributed by atoms with E-state index >= 15 is 0 Å². The molecule has 1 aromatic rings. The number of anilines is 1. The second kappa shape index (κ2) is 13.4. The van der Waals surface area contributed by atoms with Crippen molar-refractivity contribution in [3.8, 4) is 0 Å². The second-order valence-corrected chi connectivity index (χ2v) is 13.6. The molecule has 0 unspecified atom stereocenters. The number of hydrogen-bond donors (Lipinski definition) is 2. The second-order valence-electron chi connectivity index (χ2n) is 11.5. The van der Waals surface area contributed by atoms with Gasteiger partial charge in [-0.2, -0.15) is 13.2 Å². The standard InChI is InChI=1S/C28H40F5N5O4S/c1-19-17-21(37(3)25(34)40)18-20(2)22(19)8-16-43(41,42)38-14-12-26(13-15-38)24(39)35-23(36-26)7-11-27(29,30)9-5-4-6-10-28(31,32)33/h17-18H,4-16H2,1-3H3,(H2,34,40)(H,35,36,39). The molecule has 0 atom stereocenters. The maximum absolute atomic E-state index is 14.3. The number of halogens is 5. The molecule has 242 valence electrons. The smallest absolute Gasteiger partial charge is 0.351 e. The van der Waals surface area contributed by atoms with Crippen LogP contribution in [-0.2, 0) is 21.2 Å². The number of hydrogen-bond acceptors (Lipinski definition) is 5. The van der Waals surface area contributed by atoms with Crippen LogP contribution in [0.2, 0.25) is 0 Å². The molecule has 1 saturated heterocycles. The Morgan fingerprint density at radius 1 is 1.02 bits per heavy atom. The van der Waals surface area contributed by atoms with Crippen molar-refractivity contribution in [2.75, 3.05) is 30.8 Å². The lowest BCUT2D eigenvalue weighted by molar-refractivity contribution is -0.135. The van der Waals surface area contributed by atoms with Gasteiger partial charge in [-0.05, 0) is 74.8 Å². The van der Waals surface area contributed by atoms with Gasteiger partial charge >= 0.3 is 12.2 Å². The highest BCUT2D eigenvalue weighted by molar-refractivity contribution is 7.89. The molecule has 2 aliphatic rings. The Balaban J connectivity index is 1.52. The van der Waals surface area contributed by atoms with Crippen LogP contribution in [0.15, 0.2) is 17.1 Å². The van der Waals surface area contributed by atoms with Gasteiger partial charge in [-0.25, -0.2) is 26.3 Å². The number of nitrogens with one attached hydrogen (secondary N) is 1. The third kappa shape index (κ3) is 9.34. The summed E-state index contributed by atoms with van der Waals surface area (Å²) in [5, 5.41) is 2.56. The highest BCUT2D eigenvalue weighted by atomic mass is 32.2. The molecule has 15 heteroatoms. The first-order valence-electron chi connectivity index (χ1n) is 14.3. The third-order valence-electron chi connectivity index (χ3n) is 8.21. The number of carbonyl (C=O) groups is 2. The summed E-state index contributed by atoms with van der Waals surface area (Å²) in [4.78, 5) is 30.0. The van der Waals surface area contributed by atoms with Gasteiger partial charge in [0.05, 0.1) is 5.75 Å². The average Bonchev–Trinajstić information content (AvgIpc) is 3.20. The first kappa shape index (κ1) is 34.7. The van der Waals surface area contributed by atoms with E-state index in [1.807, 2.05) is 13.8 Å². The van der Waals surface area contributed by atoms with E-state index in [0.29, 0.717) is 5.69 Å². The number of primary amides is 1. The van der Waals surface area contributed by atoms with Crippen molar-refractivity contribution < 1.29 is 40.0 Å². The largest absolute Gasteiger partial charge is 0.389 e. The summed E-state index contributed by atoms with van der Waals surface area (Å²) in [5.74, 6) is -3.58. The van der Waals surface area contributed by atoms with Crippen molar-refractivity contribution in [2.24, 2.45) is 10.7 Å². The number of carbonyl (C=O) groups excluding carboxylic acids is 2. The van der Waals surface area contributed by atoms with Crippen molar-refractivity contribution in [2.45, 2.75) is 95.7 Å². The van der Waals surface area contributed by atoms with Gasteiger partial charge in [0, 0.05) is 51.5 Å². The van der Waals surface area contributed by atoms with Crippen LogP contribution in [0.25, 0.3) is 0 Å². The number of piperidine rings is 1. The van der Waals surface area contributed by atoms with E-state index in [9.17, 15) is 40.0 Å². The molecule has 1 spiro atoms. The number of rotatable bonds is 13. The van der Waals surface area contributed by atoms with Gasteiger partial charge in [0.2, 0.25) is 15.9 Å². The summed E-state index contributed by atoms with van der Waals surface area (Å²) in [5.41, 5.74) is 7.24. The molecule has 9 nitrogen and oxygen atoms in total. The van der Waals surface area contributed by atoms with E-state index in [1.165, 1.54) is 9.21 Å². The number of urea groups is 1. The summed E-state index contributed by atoms with van der Waals surface area (Å²) in [6, 6.07) is 2.93. The summed E-state index contributed by atoms with van der Waals surface area (Å²) in [6.45, 7) is 3.78. The Morgan fingerprint density at radius 2 is 1.60 bits per heavy atom. The van der Waals surface area contributed by atoms with Crippen LogP contribution in [0.5, 0.6) is 0 Å². The molecule has 0 aliphatic carbocycles. The fourth-order valence-electron chi connectivity index (χ4n) is 5.53. The van der Waals surface area contributed by atoms with Crippen LogP contribution in [0.4, 0.5) is 32.4 Å². The number of amides is 3. The molecular formula is C28H40F5N5O4S. The Kier molecular flexibility index (Phi) is 10.8. The van der Waals surface area contributed by atoms with Crippen LogP contribution in [0.3, 0.4) is 0 Å². The molecule has 43 heavy (non-hydrogen) atoms. The van der Waals surface area contributed by atoms with Gasteiger partial charge in [-0.1, -0.05) is 6.42 Å². The quantitative estimate of drug-likeness (QED) is 0.234. The number of aryl methyl sites for hydroxylation is 2. The van der Waals surface area contributed by atoms with Gasteiger partial charge in [0.25, 0.3) is 5.91 Å². The van der Waals surface area contributed by atoms with Crippen LogP contribution < -0.4 is 16.0 Å². The van der Waals surface area contributed by atoms with E-state index in [0.717, 1.165) is 16.7 Å². The van der Waals surface area contributed by atoms with Gasteiger partial charge in [-0.3, -0.25) is 14.7 Å². The van der Waals surface area contributed by atoms with Gasteiger partial charge in [0.15, 0.2) is 0 Å². The van der Waals surface area contributed by atoms with Crippen molar-refractivity contribution in [3.05, 3.63) is 28.8 Å². The number of sulfonamides is 1. The summed E-state index contributed by atoms with van der Waals surface area (Å²) in [7, 11) is -2.13. The van der Waals surface area contributed by atoms with Gasteiger partial charge in [-0.15, -0.1) is 0 Å². The number of unbranched alkanes of at least 4 members (excludes halogenated alkanes) is 2. The molecule has 0 radical (unpaired) electrons. The van der Waals surface area contributed by atoms with Crippen LogP contribution in [-0.4, -0.2) is 74.0 Å². The minimum Gasteiger partial charge on any atom is -0.351 e. The highest BCUT2D eigenvalue weighted by Gasteiger charge is 2.47. The van der Waals surface area contributed by atoms with Crippen LogP contribution in [0.1, 0.15) is 74.5 Å². The van der Waals surface area contributed by atoms with E-state index in [2.05, 4.69) is 10.3 Å². The number of benzene rings is 1. The maximum Gasteiger partial charge on any atom is 0.389 e. The predicted octanol–water partition coefficient (Wildman–Crippen LogP) is 4.98. The van der Waals surface area contributed by atoms with E-state index in [-0.39, 0.29) is 69.6 Å². The Hall–Kier alpha value is -2.81. The average molecular weight is 638 g/mol. The SMILES string of the molecule is Cc1cc(N(C)C(N)=O)cc(C)c1CCS(=O)(=O)N1CCC2(CC1)N=C(CCC(F)(F)CCCCCC(F)(F)F)NC2=O. The number of alkyl halides is 5. The number of aliphatic imine (C=N–C) groups is 1. The van der Waals surface area contributed by atoms with Crippen LogP contribution >= 0.6 is 0 Å². The number of nitrogens with zero attached hydrogens (tertiary/aromatic N) is 3. The van der Waals surface area contributed by atoms with Crippen LogP contribution in [0, 0.1) is 13.8 Å².